The molecule has 1 aromatic carbocycles. The van der Waals surface area contributed by atoms with E-state index in [2.05, 4.69) is 5.32 Å². The van der Waals surface area contributed by atoms with Crippen LogP contribution in [0.2, 0.25) is 0 Å². The molecule has 0 aliphatic carbocycles. The van der Waals surface area contributed by atoms with Gasteiger partial charge < -0.3 is 10.1 Å². The molecule has 0 aliphatic heterocycles. The SMILES string of the molecule is COc1ccc(CN(C)CC(=O)NC(C)c2cccs2)cc1. The number of hydrogen-bond donors (Lipinski definition) is 1. The highest BCUT2D eigenvalue weighted by atomic mass is 32.1. The van der Waals surface area contributed by atoms with Crippen LogP contribution in [-0.2, 0) is 11.3 Å². The highest BCUT2D eigenvalue weighted by Crippen LogP contribution is 2.18. The van der Waals surface area contributed by atoms with E-state index in [0.29, 0.717) is 6.54 Å². The number of likely N-dealkylation sites (N-methyl/N-ethyl adjacent to an activating group) is 1. The number of ether oxygens (including phenoxy) is 1. The van der Waals surface area contributed by atoms with Crippen LogP contribution in [0, 0.1) is 0 Å². The van der Waals surface area contributed by atoms with E-state index in [1.54, 1.807) is 18.4 Å². The number of carbonyl (C=O) groups excluding carboxylic acids is 1. The van der Waals surface area contributed by atoms with E-state index in [1.807, 2.05) is 60.6 Å². The summed E-state index contributed by atoms with van der Waals surface area (Å²) in [5.74, 6) is 0.880. The van der Waals surface area contributed by atoms with Crippen molar-refractivity contribution in [1.29, 1.82) is 0 Å². The zero-order valence-electron chi connectivity index (χ0n) is 13.2. The Bertz CT molecular complexity index is 581. The maximum absolute atomic E-state index is 12.1. The normalized spacial score (nSPS) is 12.2. The summed E-state index contributed by atoms with van der Waals surface area (Å²) < 4.78 is 5.14. The first kappa shape index (κ1) is 16.5. The van der Waals surface area contributed by atoms with Gasteiger partial charge in [0.1, 0.15) is 5.75 Å². The van der Waals surface area contributed by atoms with Crippen molar-refractivity contribution in [1.82, 2.24) is 10.2 Å². The van der Waals surface area contributed by atoms with E-state index in [1.165, 1.54) is 4.88 Å². The van der Waals surface area contributed by atoms with Crippen LogP contribution in [0.5, 0.6) is 5.75 Å². The fourth-order valence-corrected chi connectivity index (χ4v) is 2.97. The van der Waals surface area contributed by atoms with Crippen LogP contribution in [0.1, 0.15) is 23.4 Å². The number of rotatable bonds is 7. The molecule has 0 aliphatic rings. The second-order valence-corrected chi connectivity index (χ2v) is 6.30. The van der Waals surface area contributed by atoms with Crippen molar-refractivity contribution < 1.29 is 9.53 Å². The number of carbonyl (C=O) groups is 1. The number of hydrogen-bond acceptors (Lipinski definition) is 4. The highest BCUT2D eigenvalue weighted by molar-refractivity contribution is 7.10. The topological polar surface area (TPSA) is 41.6 Å². The maximum Gasteiger partial charge on any atom is 0.234 e. The number of thiophene rings is 1. The number of nitrogens with zero attached hydrogens (tertiary/aromatic N) is 1. The second-order valence-electron chi connectivity index (χ2n) is 5.32. The van der Waals surface area contributed by atoms with Crippen molar-refractivity contribution in [3.8, 4) is 5.75 Å². The quantitative estimate of drug-likeness (QED) is 0.853. The average Bonchev–Trinajstić information content (AvgIpc) is 3.02. The van der Waals surface area contributed by atoms with Crippen molar-refractivity contribution in [2.45, 2.75) is 19.5 Å². The molecule has 2 aromatic rings. The number of amides is 1. The molecule has 118 valence electrons. The smallest absolute Gasteiger partial charge is 0.234 e. The zero-order chi connectivity index (χ0) is 15.9. The molecular weight excluding hydrogens is 296 g/mol. The molecule has 1 amide bonds. The molecule has 2 rings (SSSR count). The van der Waals surface area contributed by atoms with Gasteiger partial charge in [-0.25, -0.2) is 0 Å². The molecule has 1 aromatic heterocycles. The Balaban J connectivity index is 1.80. The highest BCUT2D eigenvalue weighted by Gasteiger charge is 2.12. The first-order valence-corrected chi connectivity index (χ1v) is 8.10. The minimum atomic E-state index is 0.0388. The molecule has 1 unspecified atom stereocenters. The first-order valence-electron chi connectivity index (χ1n) is 7.22. The summed E-state index contributed by atoms with van der Waals surface area (Å²) in [6.45, 7) is 3.11. The standard InChI is InChI=1S/C17H22N2O2S/c1-13(16-5-4-10-22-16)18-17(20)12-19(2)11-14-6-8-15(21-3)9-7-14/h4-10,13H,11-12H2,1-3H3,(H,18,20). The number of benzene rings is 1. The molecule has 22 heavy (non-hydrogen) atoms. The molecule has 1 heterocycles. The summed E-state index contributed by atoms with van der Waals surface area (Å²) in [5.41, 5.74) is 1.16. The Morgan fingerprint density at radius 2 is 2.05 bits per heavy atom. The average molecular weight is 318 g/mol. The minimum Gasteiger partial charge on any atom is -0.497 e. The molecule has 0 saturated heterocycles. The minimum absolute atomic E-state index is 0.0388. The fourth-order valence-electron chi connectivity index (χ4n) is 2.24. The van der Waals surface area contributed by atoms with E-state index in [0.717, 1.165) is 17.9 Å². The van der Waals surface area contributed by atoms with Crippen LogP contribution in [0.15, 0.2) is 41.8 Å². The van der Waals surface area contributed by atoms with Crippen molar-refractivity contribution in [2.75, 3.05) is 20.7 Å². The van der Waals surface area contributed by atoms with Gasteiger partial charge >= 0.3 is 0 Å². The van der Waals surface area contributed by atoms with Gasteiger partial charge in [-0.05, 0) is 43.1 Å². The van der Waals surface area contributed by atoms with Gasteiger partial charge in [0.15, 0.2) is 0 Å². The summed E-state index contributed by atoms with van der Waals surface area (Å²) >= 11 is 1.66. The molecule has 5 heteroatoms. The van der Waals surface area contributed by atoms with Gasteiger partial charge in [0, 0.05) is 11.4 Å². The van der Waals surface area contributed by atoms with Gasteiger partial charge in [-0.1, -0.05) is 18.2 Å². The molecule has 4 nitrogen and oxygen atoms in total. The van der Waals surface area contributed by atoms with E-state index in [4.69, 9.17) is 4.74 Å². The fraction of sp³-hybridized carbons (Fsp3) is 0.353. The Hall–Kier alpha value is -1.85. The van der Waals surface area contributed by atoms with Crippen LogP contribution >= 0.6 is 11.3 Å². The van der Waals surface area contributed by atoms with Crippen molar-refractivity contribution >= 4 is 17.2 Å². The van der Waals surface area contributed by atoms with Gasteiger partial charge in [0.2, 0.25) is 5.91 Å². The summed E-state index contributed by atoms with van der Waals surface area (Å²) in [6, 6.07) is 12.0. The lowest BCUT2D eigenvalue weighted by Crippen LogP contribution is -2.36. The molecule has 1 atom stereocenters. The van der Waals surface area contributed by atoms with E-state index < -0.39 is 0 Å². The van der Waals surface area contributed by atoms with Crippen molar-refractivity contribution in [3.63, 3.8) is 0 Å². The van der Waals surface area contributed by atoms with Crippen LogP contribution in [0.3, 0.4) is 0 Å². The van der Waals surface area contributed by atoms with Crippen LogP contribution in [-0.4, -0.2) is 31.5 Å². The third-order valence-corrected chi connectivity index (χ3v) is 4.43. The summed E-state index contributed by atoms with van der Waals surface area (Å²) in [7, 11) is 3.60. The molecular formula is C17H22N2O2S. The van der Waals surface area contributed by atoms with Crippen molar-refractivity contribution in [3.05, 3.63) is 52.2 Å². The largest absolute Gasteiger partial charge is 0.497 e. The van der Waals surface area contributed by atoms with E-state index in [-0.39, 0.29) is 11.9 Å². The number of methoxy groups -OCH3 is 1. The van der Waals surface area contributed by atoms with Gasteiger partial charge in [0.25, 0.3) is 0 Å². The third kappa shape index (κ3) is 4.86. The Morgan fingerprint density at radius 1 is 1.32 bits per heavy atom. The molecule has 1 N–H and O–H groups in total. The number of nitrogens with one attached hydrogen (secondary N) is 1. The van der Waals surface area contributed by atoms with Crippen LogP contribution in [0.4, 0.5) is 0 Å². The van der Waals surface area contributed by atoms with Gasteiger partial charge in [-0.2, -0.15) is 0 Å². The Morgan fingerprint density at radius 3 is 2.64 bits per heavy atom. The third-order valence-electron chi connectivity index (χ3n) is 3.37. The van der Waals surface area contributed by atoms with Crippen molar-refractivity contribution in [2.24, 2.45) is 0 Å². The predicted octanol–water partition coefficient (Wildman–Crippen LogP) is 3.07. The van der Waals surface area contributed by atoms with Gasteiger partial charge in [0.05, 0.1) is 19.7 Å². The molecule has 0 spiro atoms. The Labute approximate surface area is 135 Å². The molecule has 0 radical (unpaired) electrons. The van der Waals surface area contributed by atoms with E-state index >= 15 is 0 Å². The molecule has 0 bridgehead atoms. The second kappa shape index (κ2) is 7.96. The van der Waals surface area contributed by atoms with Gasteiger partial charge in [-0.15, -0.1) is 11.3 Å². The molecule has 0 saturated carbocycles. The lowest BCUT2D eigenvalue weighted by atomic mass is 10.2. The molecule has 0 fully saturated rings. The zero-order valence-corrected chi connectivity index (χ0v) is 14.0. The van der Waals surface area contributed by atoms with Gasteiger partial charge in [-0.3, -0.25) is 9.69 Å². The summed E-state index contributed by atoms with van der Waals surface area (Å²) in [4.78, 5) is 15.3. The lowest BCUT2D eigenvalue weighted by molar-refractivity contribution is -0.122. The lowest BCUT2D eigenvalue weighted by Gasteiger charge is -2.18. The predicted molar refractivity (Wildman–Crippen MR) is 90.2 cm³/mol. The summed E-state index contributed by atoms with van der Waals surface area (Å²) in [5, 5.41) is 5.05. The van der Waals surface area contributed by atoms with Crippen LogP contribution in [0.25, 0.3) is 0 Å². The Kier molecular flexibility index (Phi) is 5.98. The van der Waals surface area contributed by atoms with Crippen LogP contribution < -0.4 is 10.1 Å². The monoisotopic (exact) mass is 318 g/mol. The summed E-state index contributed by atoms with van der Waals surface area (Å²) in [6.07, 6.45) is 0. The first-order chi connectivity index (χ1) is 10.6. The maximum atomic E-state index is 12.1. The van der Waals surface area contributed by atoms with E-state index in [9.17, 15) is 4.79 Å².